The van der Waals surface area contributed by atoms with Crippen LogP contribution < -0.4 is 5.32 Å². The molecule has 1 atom stereocenters. The number of ether oxygens (including phenoxy) is 1. The first kappa shape index (κ1) is 11.6. The summed E-state index contributed by atoms with van der Waals surface area (Å²) in [6, 6.07) is 5.35. The number of hydrogen-bond donors (Lipinski definition) is 2. The molecule has 1 aliphatic rings. The number of carbonyl (C=O) groups is 1. The normalized spacial score (nSPS) is 22.0. The van der Waals surface area contributed by atoms with Crippen molar-refractivity contribution < 1.29 is 12.3 Å². The SMILES string of the molecule is [2H]C1([2H])OC(=O)N[C@H]1Cc1ccc2[nH]cc(CCN(C)C)c2c1. The number of benzene rings is 1. The van der Waals surface area contributed by atoms with Crippen LogP contribution in [0.15, 0.2) is 24.4 Å². The third-order valence-electron chi connectivity index (χ3n) is 3.69. The summed E-state index contributed by atoms with van der Waals surface area (Å²) < 4.78 is 20.2. The van der Waals surface area contributed by atoms with Gasteiger partial charge in [-0.1, -0.05) is 6.07 Å². The lowest BCUT2D eigenvalue weighted by Crippen LogP contribution is -2.28. The monoisotopic (exact) mass is 289 g/mol. The molecule has 2 heterocycles. The quantitative estimate of drug-likeness (QED) is 0.884. The predicted octanol–water partition coefficient (Wildman–Crippen LogP) is 1.92. The second-order valence-corrected chi connectivity index (χ2v) is 5.66. The first-order chi connectivity index (χ1) is 10.8. The number of nitrogens with zero attached hydrogens (tertiary/aromatic N) is 1. The Balaban J connectivity index is 1.82. The van der Waals surface area contributed by atoms with Crippen LogP contribution in [0.1, 0.15) is 13.9 Å². The van der Waals surface area contributed by atoms with Crippen LogP contribution in [0.5, 0.6) is 0 Å². The topological polar surface area (TPSA) is 57.4 Å². The molecule has 112 valence electrons. The molecule has 0 bridgehead atoms. The average molecular weight is 289 g/mol. The third-order valence-corrected chi connectivity index (χ3v) is 3.69. The number of aromatic nitrogens is 1. The lowest BCUT2D eigenvalue weighted by Gasteiger charge is -2.09. The minimum atomic E-state index is -1.97. The van der Waals surface area contributed by atoms with Crippen molar-refractivity contribution in [2.24, 2.45) is 0 Å². The molecule has 0 unspecified atom stereocenters. The van der Waals surface area contributed by atoms with E-state index < -0.39 is 18.7 Å². The largest absolute Gasteiger partial charge is 0.447 e. The van der Waals surface area contributed by atoms with Crippen LogP contribution in [-0.2, 0) is 17.6 Å². The van der Waals surface area contributed by atoms with Gasteiger partial charge >= 0.3 is 6.09 Å². The lowest BCUT2D eigenvalue weighted by molar-refractivity contribution is 0.177. The zero-order chi connectivity index (χ0) is 16.6. The van der Waals surface area contributed by atoms with E-state index in [1.54, 1.807) is 0 Å². The highest BCUT2D eigenvalue weighted by atomic mass is 16.6. The van der Waals surface area contributed by atoms with E-state index in [1.165, 1.54) is 5.56 Å². The fourth-order valence-electron chi connectivity index (χ4n) is 2.56. The van der Waals surface area contributed by atoms with Gasteiger partial charge in [-0.15, -0.1) is 0 Å². The molecule has 3 rings (SSSR count). The summed E-state index contributed by atoms with van der Waals surface area (Å²) >= 11 is 0. The number of rotatable bonds is 5. The Bertz CT molecular complexity index is 727. The van der Waals surface area contributed by atoms with E-state index in [9.17, 15) is 4.79 Å². The van der Waals surface area contributed by atoms with Crippen molar-refractivity contribution in [1.82, 2.24) is 15.2 Å². The maximum Gasteiger partial charge on any atom is 0.407 e. The van der Waals surface area contributed by atoms with E-state index in [0.717, 1.165) is 29.4 Å². The van der Waals surface area contributed by atoms with Crippen LogP contribution >= 0.6 is 0 Å². The molecule has 1 saturated heterocycles. The molecular formula is C16H21N3O2. The summed E-state index contributed by atoms with van der Waals surface area (Å²) in [5, 5.41) is 3.69. The van der Waals surface area contributed by atoms with Crippen molar-refractivity contribution in [3.8, 4) is 0 Å². The molecule has 1 aliphatic heterocycles. The average Bonchev–Trinajstić information content (AvgIpc) is 2.96. The Hall–Kier alpha value is -2.01. The Morgan fingerprint density at radius 3 is 3.05 bits per heavy atom. The number of cyclic esters (lactones) is 1. The zero-order valence-electron chi connectivity index (χ0n) is 14.3. The fraction of sp³-hybridized carbons (Fsp3) is 0.438. The van der Waals surface area contributed by atoms with Crippen molar-refractivity contribution in [3.05, 3.63) is 35.5 Å². The maximum atomic E-state index is 11.3. The van der Waals surface area contributed by atoms with Crippen LogP contribution in [-0.4, -0.2) is 49.2 Å². The maximum absolute atomic E-state index is 11.3. The minimum Gasteiger partial charge on any atom is -0.447 e. The Labute approximate surface area is 127 Å². The van der Waals surface area contributed by atoms with Gasteiger partial charge in [0.1, 0.15) is 6.56 Å². The van der Waals surface area contributed by atoms with Gasteiger partial charge in [-0.3, -0.25) is 0 Å². The number of hydrogen-bond acceptors (Lipinski definition) is 3. The number of carbonyl (C=O) groups excluding carboxylic acids is 1. The molecule has 1 aromatic carbocycles. The molecule has 0 spiro atoms. The predicted molar refractivity (Wildman–Crippen MR) is 82.5 cm³/mol. The zero-order valence-corrected chi connectivity index (χ0v) is 12.3. The van der Waals surface area contributed by atoms with E-state index in [0.29, 0.717) is 6.42 Å². The second-order valence-electron chi connectivity index (χ2n) is 5.66. The first-order valence-corrected chi connectivity index (χ1v) is 7.08. The van der Waals surface area contributed by atoms with E-state index in [4.69, 9.17) is 2.74 Å². The number of alkyl carbamates (subject to hydrolysis) is 1. The second kappa shape index (κ2) is 5.77. The van der Waals surface area contributed by atoms with Crippen LogP contribution in [0.2, 0.25) is 0 Å². The Morgan fingerprint density at radius 2 is 2.33 bits per heavy atom. The lowest BCUT2D eigenvalue weighted by atomic mass is 10.0. The summed E-state index contributed by atoms with van der Waals surface area (Å²) in [5.74, 6) is 0. The smallest absolute Gasteiger partial charge is 0.407 e. The number of H-pyrrole nitrogens is 1. The van der Waals surface area contributed by atoms with Crippen molar-refractivity contribution in [3.63, 3.8) is 0 Å². The summed E-state index contributed by atoms with van der Waals surface area (Å²) in [6.07, 6.45) is 2.67. The van der Waals surface area contributed by atoms with E-state index in [2.05, 4.69) is 26.0 Å². The molecule has 2 aromatic rings. The molecule has 21 heavy (non-hydrogen) atoms. The third kappa shape index (κ3) is 3.19. The molecule has 1 aromatic heterocycles. The van der Waals surface area contributed by atoms with Gasteiger partial charge in [0, 0.05) is 23.6 Å². The van der Waals surface area contributed by atoms with Gasteiger partial charge in [-0.2, -0.15) is 0 Å². The number of nitrogens with one attached hydrogen (secondary N) is 2. The molecule has 0 aliphatic carbocycles. The molecular weight excluding hydrogens is 266 g/mol. The van der Waals surface area contributed by atoms with Crippen molar-refractivity contribution in [2.75, 3.05) is 27.2 Å². The minimum absolute atomic E-state index is 0.396. The summed E-state index contributed by atoms with van der Waals surface area (Å²) in [5.41, 5.74) is 3.28. The number of likely N-dealkylation sites (N-methyl/N-ethyl adjacent to an activating group) is 1. The number of amides is 1. The molecule has 0 radical (unpaired) electrons. The van der Waals surface area contributed by atoms with Crippen molar-refractivity contribution in [2.45, 2.75) is 18.9 Å². The Kier molecular flexibility index (Phi) is 3.20. The van der Waals surface area contributed by atoms with Gasteiger partial charge in [-0.25, -0.2) is 4.79 Å². The van der Waals surface area contributed by atoms with E-state index in [1.807, 2.05) is 32.4 Å². The Morgan fingerprint density at radius 1 is 1.48 bits per heavy atom. The standard InChI is InChI=1S/C16H21N3O2/c1-19(2)6-5-12-9-17-15-4-3-11(8-14(12)15)7-13-10-21-16(20)18-13/h3-4,8-9,13,17H,5-7,10H2,1-2H3,(H,18,20)/t13-/m0/s1/i10D2. The molecule has 2 N–H and O–H groups in total. The van der Waals surface area contributed by atoms with E-state index >= 15 is 0 Å². The molecule has 1 fully saturated rings. The van der Waals surface area contributed by atoms with Gasteiger partial charge < -0.3 is 19.9 Å². The molecule has 0 saturated carbocycles. The van der Waals surface area contributed by atoms with Gasteiger partial charge in [0.15, 0.2) is 0 Å². The van der Waals surface area contributed by atoms with Crippen LogP contribution in [0.4, 0.5) is 4.79 Å². The highest BCUT2D eigenvalue weighted by molar-refractivity contribution is 5.84. The van der Waals surface area contributed by atoms with Gasteiger partial charge in [0.05, 0.1) is 8.78 Å². The molecule has 5 heteroatoms. The van der Waals surface area contributed by atoms with Crippen LogP contribution in [0, 0.1) is 0 Å². The van der Waals surface area contributed by atoms with E-state index in [-0.39, 0.29) is 0 Å². The number of aromatic amines is 1. The summed E-state index contributed by atoms with van der Waals surface area (Å²) in [7, 11) is 4.09. The summed E-state index contributed by atoms with van der Waals surface area (Å²) in [6.45, 7) is -1.01. The first-order valence-electron chi connectivity index (χ1n) is 8.08. The highest BCUT2D eigenvalue weighted by Crippen LogP contribution is 2.21. The fourth-order valence-corrected chi connectivity index (χ4v) is 2.56. The number of fused-ring (bicyclic) bond motifs is 1. The summed E-state index contributed by atoms with van der Waals surface area (Å²) in [4.78, 5) is 16.7. The van der Waals surface area contributed by atoms with Gasteiger partial charge in [0.2, 0.25) is 0 Å². The van der Waals surface area contributed by atoms with Gasteiger partial charge in [0.25, 0.3) is 0 Å². The highest BCUT2D eigenvalue weighted by Gasteiger charge is 2.22. The van der Waals surface area contributed by atoms with Gasteiger partial charge in [-0.05, 0) is 50.2 Å². The van der Waals surface area contributed by atoms with Crippen LogP contribution in [0.3, 0.4) is 0 Å². The van der Waals surface area contributed by atoms with Crippen molar-refractivity contribution >= 4 is 17.0 Å². The molecule has 1 amide bonds. The van der Waals surface area contributed by atoms with Crippen molar-refractivity contribution in [1.29, 1.82) is 0 Å². The molecule has 5 nitrogen and oxygen atoms in total. The van der Waals surface area contributed by atoms with Crippen LogP contribution in [0.25, 0.3) is 10.9 Å².